The third-order valence-corrected chi connectivity index (χ3v) is 5.27. The van der Waals surface area contributed by atoms with E-state index in [1.54, 1.807) is 18.9 Å². The number of hydrogen-bond acceptors (Lipinski definition) is 4. The van der Waals surface area contributed by atoms with E-state index < -0.39 is 47.1 Å². The molecule has 1 aromatic rings. The van der Waals surface area contributed by atoms with E-state index in [0.29, 0.717) is 43.8 Å². The minimum atomic E-state index is -1.12. The number of halogens is 3. The van der Waals surface area contributed by atoms with E-state index in [-0.39, 0.29) is 16.8 Å². The maximum atomic E-state index is 13.8. The highest BCUT2D eigenvalue weighted by atomic mass is 19.1. The Morgan fingerprint density at radius 1 is 1.27 bits per heavy atom. The quantitative estimate of drug-likeness (QED) is 0.767. The van der Waals surface area contributed by atoms with Gasteiger partial charge in [0.05, 0.1) is 5.57 Å². The Hall–Kier alpha value is -3.23. The highest BCUT2D eigenvalue weighted by Crippen LogP contribution is 2.39. The van der Waals surface area contributed by atoms with E-state index >= 15 is 0 Å². The summed E-state index contributed by atoms with van der Waals surface area (Å²) in [6.07, 6.45) is 1.13. The molecule has 0 radical (unpaired) electrons. The zero-order valence-corrected chi connectivity index (χ0v) is 16.7. The van der Waals surface area contributed by atoms with E-state index in [9.17, 15) is 27.9 Å². The van der Waals surface area contributed by atoms with Crippen LogP contribution in [0.5, 0.6) is 0 Å². The molecule has 9 heteroatoms. The van der Waals surface area contributed by atoms with Crippen LogP contribution in [0.4, 0.5) is 13.2 Å². The van der Waals surface area contributed by atoms with Gasteiger partial charge in [0, 0.05) is 55.6 Å². The zero-order valence-electron chi connectivity index (χ0n) is 16.7. The average Bonchev–Trinajstić information content (AvgIpc) is 3.15. The molecule has 2 aliphatic rings. The summed E-state index contributed by atoms with van der Waals surface area (Å²) in [5.41, 5.74) is 0.115. The number of carbonyl (C=O) groups is 2. The van der Waals surface area contributed by atoms with Crippen molar-refractivity contribution in [2.45, 2.75) is 26.3 Å². The highest BCUT2D eigenvalue weighted by Gasteiger charge is 2.39. The molecule has 2 N–H and O–H groups in total. The number of amides is 2. The second kappa shape index (κ2) is 8.25. The van der Waals surface area contributed by atoms with Gasteiger partial charge in [-0.25, -0.2) is 13.2 Å². The molecule has 1 aromatic carbocycles. The molecule has 2 amide bonds. The van der Waals surface area contributed by atoms with Gasteiger partial charge < -0.3 is 20.2 Å². The standard InChI is InChI=1S/C21H22F3N3O3/c1-4-26(3)21(30)18-19(28)11(2)17(16-6-5-7-27(16)18)20(29)25-10-13-14(23)8-12(22)9-15(13)24/h8-9,28H,2,4-7,10H2,1,3H3,(H,25,29). The van der Waals surface area contributed by atoms with Crippen molar-refractivity contribution in [2.24, 2.45) is 0 Å². The predicted octanol–water partition coefficient (Wildman–Crippen LogP) is 2.89. The second-order valence-corrected chi connectivity index (χ2v) is 7.10. The lowest BCUT2D eigenvalue weighted by molar-refractivity contribution is -0.127. The third kappa shape index (κ3) is 3.67. The first kappa shape index (κ1) is 21.5. The molecular formula is C21H22F3N3O3. The maximum absolute atomic E-state index is 13.8. The summed E-state index contributed by atoms with van der Waals surface area (Å²) >= 11 is 0. The minimum Gasteiger partial charge on any atom is -0.505 e. The van der Waals surface area contributed by atoms with Gasteiger partial charge in [0.25, 0.3) is 11.8 Å². The largest absolute Gasteiger partial charge is 0.505 e. The summed E-state index contributed by atoms with van der Waals surface area (Å²) in [6.45, 7) is 5.89. The number of hydrogen-bond donors (Lipinski definition) is 2. The number of likely N-dealkylation sites (N-methyl/N-ethyl adjacent to an activating group) is 1. The molecule has 2 aliphatic heterocycles. The molecular weight excluding hydrogens is 399 g/mol. The number of rotatable bonds is 5. The van der Waals surface area contributed by atoms with Crippen molar-refractivity contribution < 1.29 is 27.9 Å². The van der Waals surface area contributed by atoms with E-state index in [2.05, 4.69) is 11.9 Å². The summed E-state index contributed by atoms with van der Waals surface area (Å²) < 4.78 is 40.8. The van der Waals surface area contributed by atoms with Crippen LogP contribution in [0.3, 0.4) is 0 Å². The molecule has 0 aromatic heterocycles. The first-order chi connectivity index (χ1) is 14.2. The molecule has 6 nitrogen and oxygen atoms in total. The van der Waals surface area contributed by atoms with Crippen LogP contribution in [0, 0.1) is 17.5 Å². The minimum absolute atomic E-state index is 0.0337. The van der Waals surface area contributed by atoms with Gasteiger partial charge in [0.15, 0.2) is 5.76 Å². The molecule has 0 bridgehead atoms. The van der Waals surface area contributed by atoms with Crippen LogP contribution >= 0.6 is 0 Å². The second-order valence-electron chi connectivity index (χ2n) is 7.10. The van der Waals surface area contributed by atoms with Crippen molar-refractivity contribution in [1.29, 1.82) is 0 Å². The van der Waals surface area contributed by atoms with Crippen molar-refractivity contribution in [3.63, 3.8) is 0 Å². The van der Waals surface area contributed by atoms with Crippen LogP contribution in [-0.2, 0) is 16.1 Å². The third-order valence-electron chi connectivity index (χ3n) is 5.27. The number of carbonyl (C=O) groups excluding carboxylic acids is 2. The fourth-order valence-corrected chi connectivity index (χ4v) is 3.55. The van der Waals surface area contributed by atoms with Crippen molar-refractivity contribution in [3.05, 3.63) is 70.0 Å². The van der Waals surface area contributed by atoms with E-state index in [1.807, 2.05) is 0 Å². The van der Waals surface area contributed by atoms with Crippen LogP contribution in [0.2, 0.25) is 0 Å². The number of allylic oxidation sites excluding steroid dienone is 2. The highest BCUT2D eigenvalue weighted by molar-refractivity contribution is 6.03. The van der Waals surface area contributed by atoms with Gasteiger partial charge in [-0.15, -0.1) is 0 Å². The first-order valence-electron chi connectivity index (χ1n) is 9.48. The predicted molar refractivity (Wildman–Crippen MR) is 103 cm³/mol. The van der Waals surface area contributed by atoms with Crippen LogP contribution in [-0.4, -0.2) is 46.9 Å². The molecule has 160 valence electrons. The first-order valence-corrected chi connectivity index (χ1v) is 9.48. The molecule has 0 unspecified atom stereocenters. The molecule has 0 aliphatic carbocycles. The van der Waals surface area contributed by atoms with Gasteiger partial charge in [-0.3, -0.25) is 9.59 Å². The van der Waals surface area contributed by atoms with Crippen LogP contribution in [0.1, 0.15) is 25.3 Å². The SMILES string of the molecule is C=C1C(O)=C(C(=O)N(C)CC)N2CCCC2=C1C(=O)NCc1c(F)cc(F)cc1F. The Labute approximate surface area is 172 Å². The smallest absolute Gasteiger partial charge is 0.274 e. The van der Waals surface area contributed by atoms with Crippen molar-refractivity contribution in [2.75, 3.05) is 20.1 Å². The lowest BCUT2D eigenvalue weighted by Gasteiger charge is -2.32. The normalized spacial score (nSPS) is 16.2. The van der Waals surface area contributed by atoms with Gasteiger partial charge in [-0.1, -0.05) is 6.58 Å². The molecule has 0 spiro atoms. The van der Waals surface area contributed by atoms with Crippen molar-refractivity contribution in [1.82, 2.24) is 15.1 Å². The molecule has 1 fully saturated rings. The Bertz CT molecular complexity index is 977. The zero-order chi connectivity index (χ0) is 22.2. The number of fused-ring (bicyclic) bond motifs is 1. The van der Waals surface area contributed by atoms with Gasteiger partial charge in [-0.2, -0.15) is 0 Å². The molecule has 30 heavy (non-hydrogen) atoms. The number of aliphatic hydroxyl groups excluding tert-OH is 1. The van der Waals surface area contributed by atoms with Gasteiger partial charge in [0.2, 0.25) is 0 Å². The van der Waals surface area contributed by atoms with Crippen LogP contribution < -0.4 is 5.32 Å². The number of nitrogens with one attached hydrogen (secondary N) is 1. The topological polar surface area (TPSA) is 72.9 Å². The summed E-state index contributed by atoms with van der Waals surface area (Å²) in [7, 11) is 1.60. The molecule has 0 atom stereocenters. The van der Waals surface area contributed by atoms with Gasteiger partial charge in [0.1, 0.15) is 23.1 Å². The molecule has 2 heterocycles. The molecule has 1 saturated heterocycles. The number of benzene rings is 1. The Morgan fingerprint density at radius 2 is 1.90 bits per heavy atom. The van der Waals surface area contributed by atoms with Crippen molar-refractivity contribution in [3.8, 4) is 0 Å². The Balaban J connectivity index is 1.89. The summed E-state index contributed by atoms with van der Waals surface area (Å²) in [6, 6.07) is 1.06. The number of aliphatic hydroxyl groups is 1. The fourth-order valence-electron chi connectivity index (χ4n) is 3.55. The monoisotopic (exact) mass is 421 g/mol. The summed E-state index contributed by atoms with van der Waals surface area (Å²) in [5.74, 6) is -4.80. The average molecular weight is 421 g/mol. The summed E-state index contributed by atoms with van der Waals surface area (Å²) in [4.78, 5) is 28.5. The van der Waals surface area contributed by atoms with E-state index in [1.165, 1.54) is 4.90 Å². The Kier molecular flexibility index (Phi) is 5.91. The van der Waals surface area contributed by atoms with E-state index in [0.717, 1.165) is 0 Å². The summed E-state index contributed by atoms with van der Waals surface area (Å²) in [5, 5.41) is 13.0. The maximum Gasteiger partial charge on any atom is 0.274 e. The lowest BCUT2D eigenvalue weighted by Crippen LogP contribution is -2.39. The fraction of sp³-hybridized carbons (Fsp3) is 0.333. The lowest BCUT2D eigenvalue weighted by atomic mass is 9.95. The van der Waals surface area contributed by atoms with Crippen LogP contribution in [0.15, 0.2) is 47.0 Å². The van der Waals surface area contributed by atoms with Crippen molar-refractivity contribution >= 4 is 11.8 Å². The van der Waals surface area contributed by atoms with Crippen LogP contribution in [0.25, 0.3) is 0 Å². The van der Waals surface area contributed by atoms with Gasteiger partial charge in [-0.05, 0) is 19.8 Å². The van der Waals surface area contributed by atoms with Gasteiger partial charge >= 0.3 is 0 Å². The number of nitrogens with zero attached hydrogens (tertiary/aromatic N) is 2. The molecule has 0 saturated carbocycles. The molecule has 3 rings (SSSR count). The van der Waals surface area contributed by atoms with E-state index in [4.69, 9.17) is 0 Å². The Morgan fingerprint density at radius 3 is 2.50 bits per heavy atom.